The summed E-state index contributed by atoms with van der Waals surface area (Å²) < 4.78 is 0. The van der Waals surface area contributed by atoms with Crippen LogP contribution in [0.2, 0.25) is 0 Å². The lowest BCUT2D eigenvalue weighted by Crippen LogP contribution is -2.18. The molecule has 23 heavy (non-hydrogen) atoms. The highest BCUT2D eigenvalue weighted by molar-refractivity contribution is 6.05. The average Bonchev–Trinajstić information content (AvgIpc) is 2.55. The molecule has 2 aromatic rings. The second-order valence-electron chi connectivity index (χ2n) is 5.73. The zero-order chi connectivity index (χ0) is 16.8. The molecule has 2 amide bonds. The topological polar surface area (TPSA) is 58.2 Å². The van der Waals surface area contributed by atoms with Gasteiger partial charge in [-0.1, -0.05) is 39.0 Å². The molecule has 0 aliphatic carbocycles. The Hall–Kier alpha value is -2.62. The van der Waals surface area contributed by atoms with E-state index in [9.17, 15) is 9.59 Å². The second-order valence-corrected chi connectivity index (χ2v) is 5.73. The Morgan fingerprint density at radius 2 is 1.65 bits per heavy atom. The van der Waals surface area contributed by atoms with E-state index in [4.69, 9.17) is 0 Å². The predicted octanol–water partition coefficient (Wildman–Crippen LogP) is 4.10. The average molecular weight is 310 g/mol. The van der Waals surface area contributed by atoms with Crippen molar-refractivity contribution in [1.29, 1.82) is 0 Å². The fourth-order valence-electron chi connectivity index (χ4n) is 2.05. The van der Waals surface area contributed by atoms with Crippen molar-refractivity contribution in [1.82, 2.24) is 0 Å². The van der Waals surface area contributed by atoms with Crippen molar-refractivity contribution < 1.29 is 9.59 Å². The van der Waals surface area contributed by atoms with E-state index in [-0.39, 0.29) is 17.7 Å². The van der Waals surface area contributed by atoms with E-state index < -0.39 is 0 Å². The minimum absolute atomic E-state index is 0.0716. The molecule has 0 aromatic heterocycles. The van der Waals surface area contributed by atoms with Crippen molar-refractivity contribution >= 4 is 23.2 Å². The minimum atomic E-state index is -0.199. The van der Waals surface area contributed by atoms with Crippen LogP contribution in [0.4, 0.5) is 11.4 Å². The van der Waals surface area contributed by atoms with E-state index in [1.165, 1.54) is 5.56 Å². The summed E-state index contributed by atoms with van der Waals surface area (Å²) in [6, 6.07) is 14.7. The van der Waals surface area contributed by atoms with Gasteiger partial charge in [-0.05, 0) is 42.3 Å². The van der Waals surface area contributed by atoms with Gasteiger partial charge in [0.2, 0.25) is 5.91 Å². The van der Waals surface area contributed by atoms with E-state index in [0.717, 1.165) is 12.1 Å². The largest absolute Gasteiger partial charge is 0.326 e. The first-order valence-electron chi connectivity index (χ1n) is 7.81. The maximum Gasteiger partial charge on any atom is 0.255 e. The lowest BCUT2D eigenvalue weighted by Gasteiger charge is -2.10. The van der Waals surface area contributed by atoms with Crippen molar-refractivity contribution in [3.8, 4) is 0 Å². The number of carbonyl (C=O) groups is 2. The summed E-state index contributed by atoms with van der Waals surface area (Å²) in [6.45, 7) is 5.74. The van der Waals surface area contributed by atoms with E-state index in [1.807, 2.05) is 38.1 Å². The summed E-state index contributed by atoms with van der Waals surface area (Å²) in [5.41, 5.74) is 3.11. The highest BCUT2D eigenvalue weighted by atomic mass is 16.2. The molecule has 0 radical (unpaired) electrons. The predicted molar refractivity (Wildman–Crippen MR) is 93.7 cm³/mol. The van der Waals surface area contributed by atoms with Crippen LogP contribution in [0.1, 0.15) is 36.7 Å². The van der Waals surface area contributed by atoms with Gasteiger partial charge in [0.25, 0.3) is 5.91 Å². The summed E-state index contributed by atoms with van der Waals surface area (Å²) in [4.78, 5) is 24.0. The van der Waals surface area contributed by atoms with Crippen molar-refractivity contribution in [2.24, 2.45) is 5.92 Å². The smallest absolute Gasteiger partial charge is 0.255 e. The summed E-state index contributed by atoms with van der Waals surface area (Å²) in [5, 5.41) is 5.66. The van der Waals surface area contributed by atoms with Crippen LogP contribution >= 0.6 is 0 Å². The van der Waals surface area contributed by atoms with Crippen LogP contribution in [0.25, 0.3) is 0 Å². The van der Waals surface area contributed by atoms with Gasteiger partial charge in [-0.25, -0.2) is 0 Å². The molecule has 4 nitrogen and oxygen atoms in total. The third kappa shape index (κ3) is 4.68. The Morgan fingerprint density at radius 1 is 0.957 bits per heavy atom. The number of benzene rings is 2. The highest BCUT2D eigenvalue weighted by Crippen LogP contribution is 2.15. The van der Waals surface area contributed by atoms with Crippen LogP contribution in [-0.4, -0.2) is 11.8 Å². The van der Waals surface area contributed by atoms with Gasteiger partial charge in [0.15, 0.2) is 0 Å². The SMILES string of the molecule is CCc1ccc(NC(=O)c2cccc(NC(=O)C(C)C)c2)cc1. The number of amides is 2. The number of anilines is 2. The molecule has 2 rings (SSSR count). The molecule has 0 aliphatic heterocycles. The number of rotatable bonds is 5. The summed E-state index contributed by atoms with van der Waals surface area (Å²) in [5.74, 6) is -0.378. The number of hydrogen-bond donors (Lipinski definition) is 2. The Balaban J connectivity index is 2.08. The number of aryl methyl sites for hydroxylation is 1. The zero-order valence-electron chi connectivity index (χ0n) is 13.7. The minimum Gasteiger partial charge on any atom is -0.326 e. The Bertz CT molecular complexity index is 691. The molecule has 0 aliphatic rings. The molecule has 0 bridgehead atoms. The molecule has 0 saturated carbocycles. The first-order valence-corrected chi connectivity index (χ1v) is 7.81. The molecule has 0 spiro atoms. The Labute approximate surface area is 136 Å². The van der Waals surface area contributed by atoms with Crippen molar-refractivity contribution in [3.63, 3.8) is 0 Å². The van der Waals surface area contributed by atoms with E-state index in [0.29, 0.717) is 11.3 Å². The molecule has 0 heterocycles. The molecule has 0 atom stereocenters. The maximum atomic E-state index is 12.3. The van der Waals surface area contributed by atoms with Crippen LogP contribution in [0.15, 0.2) is 48.5 Å². The number of carbonyl (C=O) groups excluding carboxylic acids is 2. The maximum absolute atomic E-state index is 12.3. The van der Waals surface area contributed by atoms with E-state index in [2.05, 4.69) is 17.6 Å². The fraction of sp³-hybridized carbons (Fsp3) is 0.263. The molecule has 120 valence electrons. The molecule has 0 unspecified atom stereocenters. The highest BCUT2D eigenvalue weighted by Gasteiger charge is 2.10. The van der Waals surface area contributed by atoms with Crippen molar-refractivity contribution in [3.05, 3.63) is 59.7 Å². The van der Waals surface area contributed by atoms with Gasteiger partial charge in [0, 0.05) is 22.9 Å². The lowest BCUT2D eigenvalue weighted by atomic mass is 10.1. The van der Waals surface area contributed by atoms with Gasteiger partial charge in [0.1, 0.15) is 0 Å². The quantitative estimate of drug-likeness (QED) is 0.873. The number of hydrogen-bond acceptors (Lipinski definition) is 2. The first kappa shape index (κ1) is 16.7. The van der Waals surface area contributed by atoms with Crippen LogP contribution < -0.4 is 10.6 Å². The third-order valence-electron chi connectivity index (χ3n) is 3.54. The molecule has 2 aromatic carbocycles. The van der Waals surface area contributed by atoms with Gasteiger partial charge < -0.3 is 10.6 Å². The molecule has 0 saturated heterocycles. The first-order chi connectivity index (χ1) is 11.0. The molecule has 2 N–H and O–H groups in total. The number of nitrogens with one attached hydrogen (secondary N) is 2. The summed E-state index contributed by atoms with van der Waals surface area (Å²) >= 11 is 0. The van der Waals surface area contributed by atoms with Crippen molar-refractivity contribution in [2.75, 3.05) is 10.6 Å². The van der Waals surface area contributed by atoms with E-state index in [1.54, 1.807) is 24.3 Å². The summed E-state index contributed by atoms with van der Waals surface area (Å²) in [6.07, 6.45) is 0.964. The van der Waals surface area contributed by atoms with Gasteiger partial charge in [-0.3, -0.25) is 9.59 Å². The second kappa shape index (κ2) is 7.58. The third-order valence-corrected chi connectivity index (χ3v) is 3.54. The monoisotopic (exact) mass is 310 g/mol. The van der Waals surface area contributed by atoms with Gasteiger partial charge in [-0.15, -0.1) is 0 Å². The van der Waals surface area contributed by atoms with Crippen LogP contribution in [0, 0.1) is 5.92 Å². The summed E-state index contributed by atoms with van der Waals surface area (Å²) in [7, 11) is 0. The standard InChI is InChI=1S/C19H22N2O2/c1-4-14-8-10-16(11-9-14)20-19(23)15-6-5-7-17(12-15)21-18(22)13(2)3/h5-13H,4H2,1-3H3,(H,20,23)(H,21,22). The lowest BCUT2D eigenvalue weighted by molar-refractivity contribution is -0.118. The molecular weight excluding hydrogens is 288 g/mol. The fourth-order valence-corrected chi connectivity index (χ4v) is 2.05. The van der Waals surface area contributed by atoms with Gasteiger partial charge in [-0.2, -0.15) is 0 Å². The van der Waals surface area contributed by atoms with E-state index >= 15 is 0 Å². The zero-order valence-corrected chi connectivity index (χ0v) is 13.7. The molecule has 0 fully saturated rings. The van der Waals surface area contributed by atoms with Crippen LogP contribution in [0.3, 0.4) is 0 Å². The van der Waals surface area contributed by atoms with Crippen LogP contribution in [0.5, 0.6) is 0 Å². The van der Waals surface area contributed by atoms with Crippen LogP contribution in [-0.2, 0) is 11.2 Å². The van der Waals surface area contributed by atoms with Gasteiger partial charge >= 0.3 is 0 Å². The molecule has 4 heteroatoms. The Kier molecular flexibility index (Phi) is 5.52. The Morgan fingerprint density at radius 3 is 2.26 bits per heavy atom. The molecular formula is C19H22N2O2. The normalized spacial score (nSPS) is 10.4. The van der Waals surface area contributed by atoms with Crippen molar-refractivity contribution in [2.45, 2.75) is 27.2 Å². The van der Waals surface area contributed by atoms with Gasteiger partial charge in [0.05, 0.1) is 0 Å².